The molecule has 0 aliphatic carbocycles. The molecule has 2 aromatic carbocycles. The third-order valence-corrected chi connectivity index (χ3v) is 4.97. The van der Waals surface area contributed by atoms with E-state index in [1.54, 1.807) is 48.5 Å². The highest BCUT2D eigenvalue weighted by Gasteiger charge is 2.16. The van der Waals surface area contributed by atoms with Crippen LogP contribution in [0.15, 0.2) is 72.4 Å². The minimum atomic E-state index is -0.430. The van der Waals surface area contributed by atoms with Gasteiger partial charge in [-0.15, -0.1) is 16.8 Å². The van der Waals surface area contributed by atoms with Crippen molar-refractivity contribution in [1.29, 1.82) is 0 Å². The first-order valence-corrected chi connectivity index (χ1v) is 9.77. The molecule has 0 radical (unpaired) electrons. The number of nitrogens with one attached hydrogen (secondary N) is 1. The van der Waals surface area contributed by atoms with Gasteiger partial charge in [0, 0.05) is 22.7 Å². The van der Waals surface area contributed by atoms with Crippen LogP contribution >= 0.6 is 23.4 Å². The van der Waals surface area contributed by atoms with Gasteiger partial charge in [-0.3, -0.25) is 19.5 Å². The zero-order valence-corrected chi connectivity index (χ0v) is 16.4. The van der Waals surface area contributed by atoms with Gasteiger partial charge in [0.1, 0.15) is 0 Å². The largest absolute Gasteiger partial charge is 0.298 e. The number of allylic oxidation sites excluding steroid dienone is 1. The Morgan fingerprint density at radius 3 is 2.50 bits per heavy atom. The molecule has 0 saturated carbocycles. The van der Waals surface area contributed by atoms with Gasteiger partial charge in [-0.1, -0.05) is 47.6 Å². The smallest absolute Gasteiger partial charge is 0.257 e. The number of hydrogen-bond acceptors (Lipinski definition) is 5. The fourth-order valence-corrected chi connectivity index (χ4v) is 3.33. The molecular formula is C20H17ClN4O2S. The predicted octanol–water partition coefficient (Wildman–Crippen LogP) is 3.83. The van der Waals surface area contributed by atoms with Crippen LogP contribution in [0.5, 0.6) is 0 Å². The summed E-state index contributed by atoms with van der Waals surface area (Å²) >= 11 is 7.14. The van der Waals surface area contributed by atoms with E-state index in [1.165, 1.54) is 11.8 Å². The molecule has 0 atom stereocenters. The first kappa shape index (κ1) is 19.9. The van der Waals surface area contributed by atoms with Gasteiger partial charge in [0.05, 0.1) is 5.75 Å². The van der Waals surface area contributed by atoms with Gasteiger partial charge >= 0.3 is 0 Å². The third-order valence-electron chi connectivity index (χ3n) is 3.75. The van der Waals surface area contributed by atoms with Gasteiger partial charge in [0.2, 0.25) is 5.91 Å². The van der Waals surface area contributed by atoms with Crippen LogP contribution in [0.1, 0.15) is 10.4 Å². The molecule has 0 aliphatic heterocycles. The van der Waals surface area contributed by atoms with Crippen LogP contribution < -0.4 is 5.32 Å². The van der Waals surface area contributed by atoms with Crippen LogP contribution in [0.4, 0.5) is 0 Å². The second-order valence-electron chi connectivity index (χ2n) is 5.74. The summed E-state index contributed by atoms with van der Waals surface area (Å²) in [6, 6.07) is 15.8. The Hall–Kier alpha value is -2.90. The Morgan fingerprint density at radius 2 is 1.82 bits per heavy atom. The molecule has 142 valence electrons. The Kier molecular flexibility index (Phi) is 6.62. The first-order chi connectivity index (χ1) is 13.6. The van der Waals surface area contributed by atoms with Crippen LogP contribution in [0.25, 0.3) is 11.4 Å². The summed E-state index contributed by atoms with van der Waals surface area (Å²) in [6.07, 6.45) is 1.73. The van der Waals surface area contributed by atoms with Crippen molar-refractivity contribution in [2.45, 2.75) is 11.7 Å². The molecule has 1 N–H and O–H groups in total. The van der Waals surface area contributed by atoms with Gasteiger partial charge in [-0.25, -0.2) is 0 Å². The van der Waals surface area contributed by atoms with E-state index in [0.29, 0.717) is 28.1 Å². The van der Waals surface area contributed by atoms with E-state index < -0.39 is 11.8 Å². The molecule has 0 aliphatic rings. The molecule has 0 fully saturated rings. The van der Waals surface area contributed by atoms with Crippen molar-refractivity contribution in [3.8, 4) is 11.4 Å². The lowest BCUT2D eigenvalue weighted by atomic mass is 10.2. The average Bonchev–Trinajstić information content (AvgIpc) is 3.10. The van der Waals surface area contributed by atoms with Crippen LogP contribution in [0, 0.1) is 0 Å². The number of rotatable bonds is 7. The number of imide groups is 1. The van der Waals surface area contributed by atoms with Crippen molar-refractivity contribution < 1.29 is 9.59 Å². The predicted molar refractivity (Wildman–Crippen MR) is 110 cm³/mol. The second kappa shape index (κ2) is 9.34. The maximum atomic E-state index is 12.1. The van der Waals surface area contributed by atoms with E-state index in [0.717, 1.165) is 5.56 Å². The Labute approximate surface area is 171 Å². The number of hydrogen-bond donors (Lipinski definition) is 1. The molecule has 0 saturated heterocycles. The van der Waals surface area contributed by atoms with Crippen molar-refractivity contribution in [2.24, 2.45) is 0 Å². The lowest BCUT2D eigenvalue weighted by Crippen LogP contribution is -2.31. The van der Waals surface area contributed by atoms with E-state index in [2.05, 4.69) is 22.1 Å². The van der Waals surface area contributed by atoms with Gasteiger partial charge in [-0.05, 0) is 36.4 Å². The summed E-state index contributed by atoms with van der Waals surface area (Å²) in [5, 5.41) is 12.0. The maximum Gasteiger partial charge on any atom is 0.257 e. The summed E-state index contributed by atoms with van der Waals surface area (Å²) in [7, 11) is 0. The number of halogens is 1. The normalized spacial score (nSPS) is 10.5. The summed E-state index contributed by atoms with van der Waals surface area (Å²) in [5.41, 5.74) is 1.29. The van der Waals surface area contributed by atoms with E-state index in [9.17, 15) is 9.59 Å². The van der Waals surface area contributed by atoms with Crippen molar-refractivity contribution in [3.05, 3.63) is 77.8 Å². The number of aromatic nitrogens is 3. The number of amides is 2. The van der Waals surface area contributed by atoms with Gasteiger partial charge < -0.3 is 0 Å². The number of benzene rings is 2. The van der Waals surface area contributed by atoms with E-state index in [-0.39, 0.29) is 5.75 Å². The van der Waals surface area contributed by atoms with Crippen LogP contribution in [0.3, 0.4) is 0 Å². The SMILES string of the molecule is C=CCn1c(SCC(=O)NC(=O)c2ccccc2)nnc1-c1ccc(Cl)cc1. The fraction of sp³-hybridized carbons (Fsp3) is 0.100. The Balaban J connectivity index is 1.68. The Bertz CT molecular complexity index is 987. The number of carbonyl (C=O) groups is 2. The van der Waals surface area contributed by atoms with E-state index in [1.807, 2.05) is 16.7 Å². The minimum absolute atomic E-state index is 0.0362. The summed E-state index contributed by atoms with van der Waals surface area (Å²) in [4.78, 5) is 24.2. The lowest BCUT2D eigenvalue weighted by molar-refractivity contribution is -0.117. The van der Waals surface area contributed by atoms with Crippen LogP contribution in [0.2, 0.25) is 5.02 Å². The molecule has 1 heterocycles. The van der Waals surface area contributed by atoms with Crippen LogP contribution in [-0.2, 0) is 11.3 Å². The van der Waals surface area contributed by atoms with Gasteiger partial charge in [-0.2, -0.15) is 0 Å². The standard InChI is InChI=1S/C20H17ClN4O2S/c1-2-12-25-18(14-8-10-16(21)11-9-14)23-24-20(25)28-13-17(26)22-19(27)15-6-4-3-5-7-15/h2-11H,1,12-13H2,(H,22,26,27). The van der Waals surface area contributed by atoms with Crippen molar-refractivity contribution >= 4 is 35.2 Å². The van der Waals surface area contributed by atoms with Gasteiger partial charge in [0.15, 0.2) is 11.0 Å². The zero-order chi connectivity index (χ0) is 19.9. The molecule has 3 rings (SSSR count). The number of nitrogens with zero attached hydrogens (tertiary/aromatic N) is 3. The monoisotopic (exact) mass is 412 g/mol. The molecule has 0 bridgehead atoms. The van der Waals surface area contributed by atoms with E-state index >= 15 is 0 Å². The zero-order valence-electron chi connectivity index (χ0n) is 14.8. The highest BCUT2D eigenvalue weighted by Crippen LogP contribution is 2.25. The fourth-order valence-electron chi connectivity index (χ4n) is 2.46. The van der Waals surface area contributed by atoms with Crippen molar-refractivity contribution in [2.75, 3.05) is 5.75 Å². The molecule has 0 spiro atoms. The number of carbonyl (C=O) groups excluding carboxylic acids is 2. The second-order valence-corrected chi connectivity index (χ2v) is 7.12. The summed E-state index contributed by atoms with van der Waals surface area (Å²) in [5.74, 6) is -0.144. The van der Waals surface area contributed by atoms with Crippen molar-refractivity contribution in [3.63, 3.8) is 0 Å². The molecule has 28 heavy (non-hydrogen) atoms. The van der Waals surface area contributed by atoms with E-state index in [4.69, 9.17) is 11.6 Å². The summed E-state index contributed by atoms with van der Waals surface area (Å²) < 4.78 is 1.85. The lowest BCUT2D eigenvalue weighted by Gasteiger charge is -2.08. The summed E-state index contributed by atoms with van der Waals surface area (Å²) in [6.45, 7) is 4.25. The maximum absolute atomic E-state index is 12.1. The van der Waals surface area contributed by atoms with Crippen molar-refractivity contribution in [1.82, 2.24) is 20.1 Å². The molecular weight excluding hydrogens is 396 g/mol. The number of thioether (sulfide) groups is 1. The Morgan fingerprint density at radius 1 is 1.11 bits per heavy atom. The molecule has 2 amide bonds. The highest BCUT2D eigenvalue weighted by atomic mass is 35.5. The first-order valence-electron chi connectivity index (χ1n) is 8.40. The molecule has 8 heteroatoms. The molecule has 3 aromatic rings. The average molecular weight is 413 g/mol. The van der Waals surface area contributed by atoms with Crippen LogP contribution in [-0.4, -0.2) is 32.3 Å². The topological polar surface area (TPSA) is 76.9 Å². The van der Waals surface area contributed by atoms with Gasteiger partial charge in [0.25, 0.3) is 5.91 Å². The molecule has 1 aromatic heterocycles. The third kappa shape index (κ3) is 4.88. The molecule has 0 unspecified atom stereocenters. The highest BCUT2D eigenvalue weighted by molar-refractivity contribution is 7.99. The minimum Gasteiger partial charge on any atom is -0.298 e. The molecule has 6 nitrogen and oxygen atoms in total. The quantitative estimate of drug-likeness (QED) is 0.471.